The molecule has 144 valence electrons. The lowest BCUT2D eigenvalue weighted by atomic mass is 9.98. The Morgan fingerprint density at radius 3 is 2.39 bits per heavy atom. The third-order valence-corrected chi connectivity index (χ3v) is 4.22. The Morgan fingerprint density at radius 1 is 1.00 bits per heavy atom. The van der Waals surface area contributed by atoms with Crippen LogP contribution in [0.15, 0.2) is 76.9 Å². The minimum atomic E-state index is -4.38. The molecule has 0 aromatic heterocycles. The van der Waals surface area contributed by atoms with Crippen LogP contribution in [0.4, 0.5) is 13.2 Å². The van der Waals surface area contributed by atoms with Crippen molar-refractivity contribution in [2.24, 2.45) is 15.9 Å². The number of aliphatic hydroxyl groups excluding tert-OH is 1. The zero-order valence-corrected chi connectivity index (χ0v) is 14.8. The maximum atomic E-state index is 12.5. The van der Waals surface area contributed by atoms with Crippen LogP contribution in [0.3, 0.4) is 0 Å². The molecule has 0 amide bonds. The van der Waals surface area contributed by atoms with E-state index in [1.807, 2.05) is 42.5 Å². The first-order chi connectivity index (χ1) is 13.3. The van der Waals surface area contributed by atoms with Crippen LogP contribution in [-0.4, -0.2) is 17.2 Å². The zero-order valence-electron chi connectivity index (χ0n) is 14.8. The lowest BCUT2D eigenvalue weighted by molar-refractivity contribution is -0.137. The van der Waals surface area contributed by atoms with Crippen molar-refractivity contribution in [3.8, 4) is 0 Å². The average molecular weight is 385 g/mol. The van der Waals surface area contributed by atoms with Gasteiger partial charge in [0.1, 0.15) is 5.84 Å². The summed E-state index contributed by atoms with van der Waals surface area (Å²) in [7, 11) is 0. The van der Waals surface area contributed by atoms with Crippen LogP contribution in [-0.2, 0) is 6.18 Å². The number of nitrogens with two attached hydrogens (primary N) is 1. The Kier molecular flexibility index (Phi) is 5.75. The van der Waals surface area contributed by atoms with Gasteiger partial charge >= 0.3 is 6.18 Å². The molecule has 0 aliphatic carbocycles. The van der Waals surface area contributed by atoms with Crippen LogP contribution >= 0.6 is 0 Å². The summed E-state index contributed by atoms with van der Waals surface area (Å²) < 4.78 is 37.6. The molecule has 1 unspecified atom stereocenters. The van der Waals surface area contributed by atoms with Gasteiger partial charge in [0.25, 0.3) is 0 Å². The fourth-order valence-corrected chi connectivity index (χ4v) is 2.82. The highest BCUT2D eigenvalue weighted by Crippen LogP contribution is 2.29. The number of benzene rings is 3. The Balaban J connectivity index is 1.67. The van der Waals surface area contributed by atoms with E-state index in [0.717, 1.165) is 28.5 Å². The summed E-state index contributed by atoms with van der Waals surface area (Å²) in [5.41, 5.74) is 6.29. The summed E-state index contributed by atoms with van der Waals surface area (Å²) >= 11 is 0. The molecule has 7 heteroatoms. The van der Waals surface area contributed by atoms with Crippen LogP contribution in [0.25, 0.3) is 10.8 Å². The second-order valence-electron chi connectivity index (χ2n) is 6.24. The van der Waals surface area contributed by atoms with Gasteiger partial charge in [-0.2, -0.15) is 18.3 Å². The number of fused-ring (bicyclic) bond motifs is 1. The molecule has 3 aromatic rings. The maximum Gasteiger partial charge on any atom is 0.416 e. The summed E-state index contributed by atoms with van der Waals surface area (Å²) in [6.07, 6.45) is -3.85. The van der Waals surface area contributed by atoms with Gasteiger partial charge in [-0.25, -0.2) is 0 Å². The van der Waals surface area contributed by atoms with Gasteiger partial charge in [0, 0.05) is 6.42 Å². The average Bonchev–Trinajstić information content (AvgIpc) is 2.67. The number of halogens is 3. The van der Waals surface area contributed by atoms with Gasteiger partial charge in [0.2, 0.25) is 0 Å². The lowest BCUT2D eigenvalue weighted by Gasteiger charge is -2.13. The first-order valence-corrected chi connectivity index (χ1v) is 8.53. The molecule has 0 fully saturated rings. The Bertz CT molecular complexity index is 1010. The highest BCUT2D eigenvalue weighted by molar-refractivity contribution is 5.88. The molecular formula is C21H18F3N3O. The highest BCUT2D eigenvalue weighted by atomic mass is 19.4. The molecule has 1 atom stereocenters. The third-order valence-electron chi connectivity index (χ3n) is 4.22. The highest BCUT2D eigenvalue weighted by Gasteiger charge is 2.29. The van der Waals surface area contributed by atoms with Crippen LogP contribution in [0.2, 0.25) is 0 Å². The van der Waals surface area contributed by atoms with E-state index in [1.165, 1.54) is 18.3 Å². The first-order valence-electron chi connectivity index (χ1n) is 8.53. The van der Waals surface area contributed by atoms with Crippen molar-refractivity contribution in [2.75, 3.05) is 0 Å². The Morgan fingerprint density at radius 2 is 1.68 bits per heavy atom. The van der Waals surface area contributed by atoms with Gasteiger partial charge in [-0.1, -0.05) is 54.6 Å². The predicted molar refractivity (Wildman–Crippen MR) is 104 cm³/mol. The molecule has 0 heterocycles. The zero-order chi connectivity index (χ0) is 20.1. The second kappa shape index (κ2) is 8.22. The first kappa shape index (κ1) is 19.6. The van der Waals surface area contributed by atoms with E-state index in [0.29, 0.717) is 5.56 Å². The summed E-state index contributed by atoms with van der Waals surface area (Å²) in [4.78, 5) is 0. The van der Waals surface area contributed by atoms with E-state index in [2.05, 4.69) is 10.2 Å². The predicted octanol–water partition coefficient (Wildman–Crippen LogP) is 4.67. The molecule has 0 spiro atoms. The fraction of sp³-hybridized carbons (Fsp3) is 0.143. The largest absolute Gasteiger partial charge is 0.416 e. The Labute approximate surface area is 159 Å². The van der Waals surface area contributed by atoms with Gasteiger partial charge in [-0.05, 0) is 34.0 Å². The molecule has 0 saturated carbocycles. The van der Waals surface area contributed by atoms with Gasteiger partial charge < -0.3 is 10.8 Å². The van der Waals surface area contributed by atoms with Crippen LogP contribution in [0, 0.1) is 0 Å². The number of rotatable bonds is 5. The number of hydrogen-bond acceptors (Lipinski definition) is 3. The standard InChI is InChI=1S/C21H18F3N3O/c22-21(23,24)16-10-8-14(9-11-16)13-26-27-20(25)12-19(28)18-7-3-5-15-4-1-2-6-17(15)18/h1-11,13,19,28H,12H2,(H2,25,27)/b26-13+. The van der Waals surface area contributed by atoms with Crippen molar-refractivity contribution >= 4 is 22.8 Å². The van der Waals surface area contributed by atoms with Crippen LogP contribution in [0.1, 0.15) is 29.2 Å². The number of aliphatic hydroxyl groups is 1. The summed E-state index contributed by atoms with van der Waals surface area (Å²) in [6.45, 7) is 0. The molecule has 4 nitrogen and oxygen atoms in total. The van der Waals surface area contributed by atoms with Gasteiger partial charge in [0.05, 0.1) is 17.9 Å². The minimum Gasteiger partial charge on any atom is -0.388 e. The SMILES string of the molecule is N/C(CC(O)c1cccc2ccccc12)=N\N=C\c1ccc(C(F)(F)F)cc1. The fourth-order valence-electron chi connectivity index (χ4n) is 2.82. The summed E-state index contributed by atoms with van der Waals surface area (Å²) in [5.74, 6) is 0.114. The molecule has 28 heavy (non-hydrogen) atoms. The molecule has 0 saturated heterocycles. The number of nitrogens with zero attached hydrogens (tertiary/aromatic N) is 2. The smallest absolute Gasteiger partial charge is 0.388 e. The van der Waals surface area contributed by atoms with E-state index in [4.69, 9.17) is 5.73 Å². The second-order valence-corrected chi connectivity index (χ2v) is 6.24. The van der Waals surface area contributed by atoms with Crippen molar-refractivity contribution in [1.82, 2.24) is 0 Å². The monoisotopic (exact) mass is 385 g/mol. The van der Waals surface area contributed by atoms with Crippen molar-refractivity contribution in [2.45, 2.75) is 18.7 Å². The molecule has 3 rings (SSSR count). The van der Waals surface area contributed by atoms with E-state index in [1.54, 1.807) is 0 Å². The molecule has 0 bridgehead atoms. The summed E-state index contributed by atoms with van der Waals surface area (Å²) in [5, 5.41) is 20.0. The van der Waals surface area contributed by atoms with E-state index >= 15 is 0 Å². The lowest BCUT2D eigenvalue weighted by Crippen LogP contribution is -2.15. The number of alkyl halides is 3. The van der Waals surface area contributed by atoms with Crippen molar-refractivity contribution < 1.29 is 18.3 Å². The van der Waals surface area contributed by atoms with Crippen molar-refractivity contribution in [1.29, 1.82) is 0 Å². The number of amidine groups is 1. The van der Waals surface area contributed by atoms with Gasteiger partial charge in [0.15, 0.2) is 0 Å². The van der Waals surface area contributed by atoms with Gasteiger partial charge in [-0.15, -0.1) is 5.10 Å². The Hall–Kier alpha value is -3.19. The maximum absolute atomic E-state index is 12.5. The summed E-state index contributed by atoms with van der Waals surface area (Å²) in [6, 6.07) is 17.9. The minimum absolute atomic E-state index is 0.0817. The van der Waals surface area contributed by atoms with E-state index in [9.17, 15) is 18.3 Å². The normalized spacial score (nSPS) is 13.9. The number of hydrogen-bond donors (Lipinski definition) is 2. The van der Waals surface area contributed by atoms with E-state index < -0.39 is 17.8 Å². The molecule has 3 aromatic carbocycles. The molecule has 3 N–H and O–H groups in total. The van der Waals surface area contributed by atoms with Crippen molar-refractivity contribution in [3.63, 3.8) is 0 Å². The van der Waals surface area contributed by atoms with Crippen molar-refractivity contribution in [3.05, 3.63) is 83.4 Å². The topological polar surface area (TPSA) is 71.0 Å². The molecule has 0 aliphatic heterocycles. The third kappa shape index (κ3) is 4.75. The van der Waals surface area contributed by atoms with Crippen LogP contribution in [0.5, 0.6) is 0 Å². The van der Waals surface area contributed by atoms with Crippen LogP contribution < -0.4 is 5.73 Å². The van der Waals surface area contributed by atoms with E-state index in [-0.39, 0.29) is 12.3 Å². The van der Waals surface area contributed by atoms with Gasteiger partial charge in [-0.3, -0.25) is 0 Å². The molecule has 0 radical (unpaired) electrons. The molecule has 0 aliphatic rings. The molecular weight excluding hydrogens is 367 g/mol. The quantitative estimate of drug-likeness (QED) is 0.381.